The lowest BCUT2D eigenvalue weighted by Gasteiger charge is -2.11. The largest absolute Gasteiger partial charge is 0.494 e. The van der Waals surface area contributed by atoms with Crippen molar-refractivity contribution in [2.24, 2.45) is 0 Å². The Morgan fingerprint density at radius 2 is 1.85 bits per heavy atom. The van der Waals surface area contributed by atoms with Crippen molar-refractivity contribution in [3.05, 3.63) is 81.9 Å². The van der Waals surface area contributed by atoms with Gasteiger partial charge in [0.15, 0.2) is 5.11 Å². The summed E-state index contributed by atoms with van der Waals surface area (Å²) in [5.74, 6) is 0.228. The minimum absolute atomic E-state index is 0.0501. The van der Waals surface area contributed by atoms with E-state index in [1.165, 1.54) is 29.9 Å². The van der Waals surface area contributed by atoms with Crippen LogP contribution >= 0.6 is 12.2 Å². The van der Waals surface area contributed by atoms with Crippen LogP contribution in [0.3, 0.4) is 0 Å². The molecule has 4 rings (SSSR count). The van der Waals surface area contributed by atoms with E-state index < -0.39 is 10.8 Å². The van der Waals surface area contributed by atoms with E-state index in [1.807, 2.05) is 31.2 Å². The molecule has 0 unspecified atom stereocenters. The van der Waals surface area contributed by atoms with E-state index in [0.29, 0.717) is 23.3 Å². The molecule has 0 radical (unpaired) electrons. The van der Waals surface area contributed by atoms with Crippen LogP contribution in [0.25, 0.3) is 16.7 Å². The number of hydrogen-bond donors (Lipinski definition) is 2. The molecule has 0 aliphatic rings. The summed E-state index contributed by atoms with van der Waals surface area (Å²) in [4.78, 5) is 24.7. The van der Waals surface area contributed by atoms with Crippen LogP contribution in [0.4, 0.5) is 11.4 Å². The molecule has 0 saturated heterocycles. The maximum atomic E-state index is 12.6. The molecule has 0 atom stereocenters. The number of aromatic nitrogens is 3. The molecule has 0 spiro atoms. The highest BCUT2D eigenvalue weighted by Crippen LogP contribution is 2.22. The first-order chi connectivity index (χ1) is 16.4. The Morgan fingerprint density at radius 1 is 1.12 bits per heavy atom. The lowest BCUT2D eigenvalue weighted by Crippen LogP contribution is -2.34. The first-order valence-electron chi connectivity index (χ1n) is 10.3. The lowest BCUT2D eigenvalue weighted by atomic mass is 10.1. The van der Waals surface area contributed by atoms with Crippen LogP contribution in [0.1, 0.15) is 22.8 Å². The summed E-state index contributed by atoms with van der Waals surface area (Å²) in [7, 11) is 0. The summed E-state index contributed by atoms with van der Waals surface area (Å²) < 4.78 is 5.46. The Hall–Kier alpha value is -4.38. The number of benzene rings is 3. The maximum absolute atomic E-state index is 12.6. The van der Waals surface area contributed by atoms with Crippen molar-refractivity contribution in [1.82, 2.24) is 20.3 Å². The molecular formula is C23H20N6O4S. The summed E-state index contributed by atoms with van der Waals surface area (Å²) in [5.41, 5.74) is 3.00. The third kappa shape index (κ3) is 4.84. The van der Waals surface area contributed by atoms with Gasteiger partial charge in [-0.2, -0.15) is 4.80 Å². The van der Waals surface area contributed by atoms with Crippen molar-refractivity contribution in [1.29, 1.82) is 0 Å². The highest BCUT2D eigenvalue weighted by molar-refractivity contribution is 7.80. The molecule has 172 valence electrons. The average Bonchev–Trinajstić information content (AvgIpc) is 3.23. The van der Waals surface area contributed by atoms with Crippen LogP contribution < -0.4 is 15.4 Å². The van der Waals surface area contributed by atoms with Gasteiger partial charge in [0, 0.05) is 22.9 Å². The molecule has 11 heteroatoms. The van der Waals surface area contributed by atoms with Crippen molar-refractivity contribution < 1.29 is 14.5 Å². The van der Waals surface area contributed by atoms with Gasteiger partial charge in [-0.3, -0.25) is 20.2 Å². The topological polar surface area (TPSA) is 124 Å². The molecule has 1 heterocycles. The second-order valence-electron chi connectivity index (χ2n) is 7.23. The van der Waals surface area contributed by atoms with E-state index in [1.54, 1.807) is 18.2 Å². The van der Waals surface area contributed by atoms with Gasteiger partial charge in [-0.25, -0.2) is 0 Å². The molecule has 10 nitrogen and oxygen atoms in total. The number of nitro benzene ring substituents is 1. The Bertz CT molecular complexity index is 1400. The number of nitro groups is 1. The first kappa shape index (κ1) is 22.8. The molecule has 3 aromatic carbocycles. The zero-order valence-corrected chi connectivity index (χ0v) is 19.1. The van der Waals surface area contributed by atoms with Gasteiger partial charge < -0.3 is 10.1 Å². The number of carbonyl (C=O) groups is 1. The van der Waals surface area contributed by atoms with Crippen LogP contribution in [0, 0.1) is 17.0 Å². The fourth-order valence-electron chi connectivity index (χ4n) is 3.35. The number of ether oxygens (including phenoxy) is 1. The van der Waals surface area contributed by atoms with Crippen molar-refractivity contribution in [2.45, 2.75) is 13.8 Å². The molecule has 0 aliphatic carbocycles. The number of hydrogen-bond acceptors (Lipinski definition) is 7. The second-order valence-corrected chi connectivity index (χ2v) is 7.64. The van der Waals surface area contributed by atoms with Gasteiger partial charge >= 0.3 is 0 Å². The number of anilines is 1. The van der Waals surface area contributed by atoms with Crippen molar-refractivity contribution >= 4 is 45.6 Å². The molecule has 4 aromatic rings. The summed E-state index contributed by atoms with van der Waals surface area (Å²) in [6.45, 7) is 4.03. The van der Waals surface area contributed by atoms with Gasteiger partial charge in [0.05, 0.1) is 17.2 Å². The van der Waals surface area contributed by atoms with E-state index in [2.05, 4.69) is 20.8 Å². The van der Waals surface area contributed by atoms with E-state index in [9.17, 15) is 14.9 Å². The Kier molecular flexibility index (Phi) is 6.46. The average molecular weight is 477 g/mol. The zero-order chi connectivity index (χ0) is 24.2. The summed E-state index contributed by atoms with van der Waals surface area (Å²) >= 11 is 5.25. The minimum atomic E-state index is -0.541. The predicted molar refractivity (Wildman–Crippen MR) is 132 cm³/mol. The van der Waals surface area contributed by atoms with E-state index in [-0.39, 0.29) is 21.9 Å². The number of thiocarbonyl (C=S) groups is 1. The molecule has 1 amide bonds. The first-order valence-corrected chi connectivity index (χ1v) is 10.7. The quantitative estimate of drug-likeness (QED) is 0.241. The van der Waals surface area contributed by atoms with Crippen LogP contribution in [0.15, 0.2) is 60.7 Å². The summed E-state index contributed by atoms with van der Waals surface area (Å²) in [6, 6.07) is 17.0. The maximum Gasteiger partial charge on any atom is 0.273 e. The van der Waals surface area contributed by atoms with Gasteiger partial charge in [0.25, 0.3) is 11.6 Å². The van der Waals surface area contributed by atoms with Crippen LogP contribution in [0.2, 0.25) is 0 Å². The Balaban J connectivity index is 1.47. The number of nitrogens with zero attached hydrogens (tertiary/aromatic N) is 4. The van der Waals surface area contributed by atoms with Crippen molar-refractivity contribution in [2.75, 3.05) is 11.9 Å². The molecule has 0 fully saturated rings. The number of nitrogens with one attached hydrogen (secondary N) is 2. The molecule has 2 N–H and O–H groups in total. The smallest absolute Gasteiger partial charge is 0.273 e. The summed E-state index contributed by atoms with van der Waals surface area (Å²) in [6.07, 6.45) is 0. The van der Waals surface area contributed by atoms with Crippen LogP contribution in [-0.2, 0) is 0 Å². The third-order valence-corrected chi connectivity index (χ3v) is 5.19. The second kappa shape index (κ2) is 9.63. The molecule has 1 aromatic heterocycles. The highest BCUT2D eigenvalue weighted by atomic mass is 32.1. The fourth-order valence-corrected chi connectivity index (χ4v) is 3.56. The molecule has 0 saturated carbocycles. The van der Waals surface area contributed by atoms with Gasteiger partial charge in [-0.15, -0.1) is 10.2 Å². The van der Waals surface area contributed by atoms with Gasteiger partial charge in [0.1, 0.15) is 16.8 Å². The lowest BCUT2D eigenvalue weighted by molar-refractivity contribution is -0.385. The number of fused-ring (bicyclic) bond motifs is 1. The van der Waals surface area contributed by atoms with Crippen molar-refractivity contribution in [3.63, 3.8) is 0 Å². The standard InChI is InChI=1S/C23H20N6O4S/c1-3-33-17-10-8-16(9-11-17)28-26-19-12-7-15(13-20(19)27-28)24-23(34)25-22(30)18-5-4-6-21(14(18)2)29(31)32/h4-13H,3H2,1-2H3,(H2,24,25,30,34). The normalized spacial score (nSPS) is 10.6. The monoisotopic (exact) mass is 476 g/mol. The number of carbonyl (C=O) groups excluding carboxylic acids is 1. The Morgan fingerprint density at radius 3 is 2.56 bits per heavy atom. The molecular weight excluding hydrogens is 456 g/mol. The van der Waals surface area contributed by atoms with Crippen molar-refractivity contribution in [3.8, 4) is 11.4 Å². The van der Waals surface area contributed by atoms with Crippen LogP contribution in [-0.4, -0.2) is 37.5 Å². The Labute approximate surface area is 199 Å². The van der Waals surface area contributed by atoms with E-state index in [0.717, 1.165) is 11.4 Å². The minimum Gasteiger partial charge on any atom is -0.494 e. The SMILES string of the molecule is CCOc1ccc(-n2nc3ccc(NC(=S)NC(=O)c4cccc([N+](=O)[O-])c4C)cc3n2)cc1. The van der Waals surface area contributed by atoms with E-state index >= 15 is 0 Å². The van der Waals surface area contributed by atoms with Gasteiger partial charge in [-0.05, 0) is 74.6 Å². The van der Waals surface area contributed by atoms with Crippen LogP contribution in [0.5, 0.6) is 5.75 Å². The predicted octanol–water partition coefficient (Wildman–Crippen LogP) is 4.16. The highest BCUT2D eigenvalue weighted by Gasteiger charge is 2.18. The molecule has 0 aliphatic heterocycles. The van der Waals surface area contributed by atoms with Gasteiger partial charge in [-0.1, -0.05) is 6.07 Å². The summed E-state index contributed by atoms with van der Waals surface area (Å²) in [5, 5.41) is 25.6. The zero-order valence-electron chi connectivity index (χ0n) is 18.3. The fraction of sp³-hybridized carbons (Fsp3) is 0.130. The molecule has 34 heavy (non-hydrogen) atoms. The third-order valence-electron chi connectivity index (χ3n) is 4.99. The number of amides is 1. The van der Waals surface area contributed by atoms with Gasteiger partial charge in [0.2, 0.25) is 0 Å². The molecule has 0 bridgehead atoms. The van der Waals surface area contributed by atoms with E-state index in [4.69, 9.17) is 17.0 Å². The number of rotatable bonds is 6.